The summed E-state index contributed by atoms with van der Waals surface area (Å²) >= 11 is 0. The van der Waals surface area contributed by atoms with Gasteiger partial charge in [-0.05, 0) is 25.1 Å². The highest BCUT2D eigenvalue weighted by molar-refractivity contribution is 5.13. The quantitative estimate of drug-likeness (QED) is 0.763. The summed E-state index contributed by atoms with van der Waals surface area (Å²) in [6.07, 6.45) is 4.64. The Bertz CT molecular complexity index is 476. The van der Waals surface area contributed by atoms with Crippen LogP contribution in [0.5, 0.6) is 5.75 Å². The van der Waals surface area contributed by atoms with Crippen LogP contribution in [0.2, 0.25) is 0 Å². The fourth-order valence-corrected chi connectivity index (χ4v) is 1.61. The Morgan fingerprint density at radius 1 is 1.39 bits per heavy atom. The van der Waals surface area contributed by atoms with Gasteiger partial charge in [0.2, 0.25) is 0 Å². The Balaban J connectivity index is 1.79. The van der Waals surface area contributed by atoms with Crippen molar-refractivity contribution < 1.29 is 9.15 Å². The molecule has 0 aliphatic rings. The van der Waals surface area contributed by atoms with E-state index in [1.54, 1.807) is 10.9 Å². The number of nitrogens with zero attached hydrogens (tertiary/aromatic N) is 2. The van der Waals surface area contributed by atoms with Crippen molar-refractivity contribution in [2.24, 2.45) is 7.05 Å². The van der Waals surface area contributed by atoms with E-state index in [4.69, 9.17) is 9.15 Å². The summed E-state index contributed by atoms with van der Waals surface area (Å²) in [7, 11) is 1.86. The average molecular weight is 249 g/mol. The normalized spacial score (nSPS) is 10.8. The molecule has 0 unspecified atom stereocenters. The van der Waals surface area contributed by atoms with Gasteiger partial charge < -0.3 is 14.5 Å². The van der Waals surface area contributed by atoms with Crippen molar-refractivity contribution in [3.8, 4) is 5.75 Å². The van der Waals surface area contributed by atoms with Gasteiger partial charge in [-0.2, -0.15) is 5.10 Å². The number of ether oxygens (including phenoxy) is 1. The summed E-state index contributed by atoms with van der Waals surface area (Å²) in [5, 5.41) is 7.33. The number of aryl methyl sites for hydroxylation is 1. The van der Waals surface area contributed by atoms with Crippen molar-refractivity contribution in [3.63, 3.8) is 0 Å². The van der Waals surface area contributed by atoms with E-state index >= 15 is 0 Å². The smallest absolute Gasteiger partial charge is 0.157 e. The Hall–Kier alpha value is -1.75. The zero-order valence-corrected chi connectivity index (χ0v) is 10.8. The minimum atomic E-state index is 0.430. The zero-order chi connectivity index (χ0) is 12.8. The summed E-state index contributed by atoms with van der Waals surface area (Å²) in [5.74, 6) is 2.51. The van der Waals surface area contributed by atoms with Crippen molar-refractivity contribution in [1.82, 2.24) is 15.1 Å². The molecule has 0 saturated carbocycles. The third-order valence-corrected chi connectivity index (χ3v) is 2.51. The lowest BCUT2D eigenvalue weighted by Gasteiger charge is -2.01. The summed E-state index contributed by atoms with van der Waals surface area (Å²) in [5.41, 5.74) is 0. The number of nitrogens with one attached hydrogen (secondary N) is 1. The molecular formula is C13H19N3O2. The van der Waals surface area contributed by atoms with E-state index in [1.165, 1.54) is 0 Å². The summed E-state index contributed by atoms with van der Waals surface area (Å²) in [6.45, 7) is 4.34. The first kappa shape index (κ1) is 12.7. The lowest BCUT2D eigenvalue weighted by atomic mass is 10.4. The maximum Gasteiger partial charge on any atom is 0.157 e. The van der Waals surface area contributed by atoms with Gasteiger partial charge in [0.05, 0.1) is 18.9 Å². The van der Waals surface area contributed by atoms with Gasteiger partial charge in [-0.3, -0.25) is 4.68 Å². The average Bonchev–Trinajstić information content (AvgIpc) is 2.96. The standard InChI is InChI=1S/C13H19N3O2/c1-3-6-14-7-11-4-5-12(18-11)10-17-13-8-15-16(2)9-13/h4-5,8-9,14H,3,6-7,10H2,1-2H3. The Kier molecular flexibility index (Phi) is 4.41. The fourth-order valence-electron chi connectivity index (χ4n) is 1.61. The van der Waals surface area contributed by atoms with E-state index < -0.39 is 0 Å². The maximum atomic E-state index is 5.64. The lowest BCUT2D eigenvalue weighted by molar-refractivity contribution is 0.265. The highest BCUT2D eigenvalue weighted by atomic mass is 16.5. The van der Waals surface area contributed by atoms with E-state index in [0.29, 0.717) is 6.61 Å². The number of rotatable bonds is 7. The highest BCUT2D eigenvalue weighted by Crippen LogP contribution is 2.13. The van der Waals surface area contributed by atoms with Crippen LogP contribution in [0.4, 0.5) is 0 Å². The molecule has 0 amide bonds. The molecule has 0 spiro atoms. The maximum absolute atomic E-state index is 5.64. The summed E-state index contributed by atoms with van der Waals surface area (Å²) < 4.78 is 12.9. The second-order valence-corrected chi connectivity index (χ2v) is 4.18. The number of furan rings is 1. The molecule has 2 aromatic heterocycles. The fraction of sp³-hybridized carbons (Fsp3) is 0.462. The van der Waals surface area contributed by atoms with Crippen molar-refractivity contribution in [3.05, 3.63) is 36.0 Å². The molecule has 5 nitrogen and oxygen atoms in total. The number of aromatic nitrogens is 2. The monoisotopic (exact) mass is 249 g/mol. The first-order chi connectivity index (χ1) is 8.78. The molecule has 0 saturated heterocycles. The SMILES string of the molecule is CCCNCc1ccc(COc2cnn(C)c2)o1. The minimum Gasteiger partial charge on any atom is -0.482 e. The molecule has 98 valence electrons. The third-order valence-electron chi connectivity index (χ3n) is 2.51. The van der Waals surface area contributed by atoms with Gasteiger partial charge >= 0.3 is 0 Å². The van der Waals surface area contributed by atoms with E-state index in [2.05, 4.69) is 17.3 Å². The molecule has 0 aromatic carbocycles. The van der Waals surface area contributed by atoms with E-state index in [-0.39, 0.29) is 0 Å². The van der Waals surface area contributed by atoms with Crippen molar-refractivity contribution in [1.29, 1.82) is 0 Å². The molecule has 2 heterocycles. The van der Waals surface area contributed by atoms with Gasteiger partial charge in [0.25, 0.3) is 0 Å². The van der Waals surface area contributed by atoms with Gasteiger partial charge in [-0.1, -0.05) is 6.92 Å². The predicted octanol–water partition coefficient (Wildman–Crippen LogP) is 2.09. The van der Waals surface area contributed by atoms with Crippen LogP contribution in [0.3, 0.4) is 0 Å². The second kappa shape index (κ2) is 6.26. The molecule has 2 rings (SSSR count). The van der Waals surface area contributed by atoms with Crippen LogP contribution in [0.15, 0.2) is 28.9 Å². The predicted molar refractivity (Wildman–Crippen MR) is 68.2 cm³/mol. The molecule has 0 atom stereocenters. The van der Waals surface area contributed by atoms with E-state index in [9.17, 15) is 0 Å². The van der Waals surface area contributed by atoms with Crippen LogP contribution >= 0.6 is 0 Å². The molecular weight excluding hydrogens is 230 g/mol. The Morgan fingerprint density at radius 2 is 2.22 bits per heavy atom. The van der Waals surface area contributed by atoms with Crippen molar-refractivity contribution in [2.75, 3.05) is 6.54 Å². The van der Waals surface area contributed by atoms with E-state index in [1.807, 2.05) is 25.4 Å². The zero-order valence-electron chi connectivity index (χ0n) is 10.8. The largest absolute Gasteiger partial charge is 0.482 e. The van der Waals surface area contributed by atoms with Crippen LogP contribution in [0, 0.1) is 0 Å². The molecule has 5 heteroatoms. The van der Waals surface area contributed by atoms with Gasteiger partial charge in [0.15, 0.2) is 5.75 Å². The molecule has 1 N–H and O–H groups in total. The second-order valence-electron chi connectivity index (χ2n) is 4.18. The molecule has 0 aliphatic carbocycles. The number of hydrogen-bond donors (Lipinski definition) is 1. The van der Waals surface area contributed by atoms with Crippen molar-refractivity contribution >= 4 is 0 Å². The van der Waals surface area contributed by atoms with Gasteiger partial charge in [-0.15, -0.1) is 0 Å². The molecule has 18 heavy (non-hydrogen) atoms. The summed E-state index contributed by atoms with van der Waals surface area (Å²) in [6, 6.07) is 3.92. The van der Waals surface area contributed by atoms with Crippen molar-refractivity contribution in [2.45, 2.75) is 26.5 Å². The third kappa shape index (κ3) is 3.63. The number of hydrogen-bond acceptors (Lipinski definition) is 4. The first-order valence-corrected chi connectivity index (χ1v) is 6.17. The molecule has 0 radical (unpaired) electrons. The van der Waals surface area contributed by atoms with Gasteiger partial charge in [0, 0.05) is 7.05 Å². The molecule has 2 aromatic rings. The first-order valence-electron chi connectivity index (χ1n) is 6.17. The molecule has 0 aliphatic heterocycles. The minimum absolute atomic E-state index is 0.430. The Morgan fingerprint density at radius 3 is 2.94 bits per heavy atom. The van der Waals surface area contributed by atoms with Crippen LogP contribution in [0.25, 0.3) is 0 Å². The van der Waals surface area contributed by atoms with Crippen LogP contribution < -0.4 is 10.1 Å². The highest BCUT2D eigenvalue weighted by Gasteiger charge is 2.03. The lowest BCUT2D eigenvalue weighted by Crippen LogP contribution is -2.13. The van der Waals surface area contributed by atoms with Crippen LogP contribution in [-0.2, 0) is 20.2 Å². The van der Waals surface area contributed by atoms with E-state index in [0.717, 1.165) is 36.8 Å². The van der Waals surface area contributed by atoms with Crippen LogP contribution in [0.1, 0.15) is 24.9 Å². The van der Waals surface area contributed by atoms with Crippen LogP contribution in [-0.4, -0.2) is 16.3 Å². The van der Waals surface area contributed by atoms with Gasteiger partial charge in [-0.25, -0.2) is 0 Å². The summed E-state index contributed by atoms with van der Waals surface area (Å²) in [4.78, 5) is 0. The molecule has 0 bridgehead atoms. The van der Waals surface area contributed by atoms with Gasteiger partial charge in [0.1, 0.15) is 18.1 Å². The molecule has 0 fully saturated rings. The topological polar surface area (TPSA) is 52.2 Å². The Labute approximate surface area is 107 Å².